The molecule has 33 heavy (non-hydrogen) atoms. The highest BCUT2D eigenvalue weighted by Gasteiger charge is 2.11. The van der Waals surface area contributed by atoms with Gasteiger partial charge in [0.2, 0.25) is 0 Å². The molecule has 0 fully saturated rings. The summed E-state index contributed by atoms with van der Waals surface area (Å²) in [5.74, 6) is -1.84. The van der Waals surface area contributed by atoms with Gasteiger partial charge in [-0.3, -0.25) is 14.7 Å². The van der Waals surface area contributed by atoms with Gasteiger partial charge in [-0.15, -0.1) is 0 Å². The van der Waals surface area contributed by atoms with Crippen molar-refractivity contribution >= 4 is 34.3 Å². The van der Waals surface area contributed by atoms with Crippen LogP contribution in [0.1, 0.15) is 6.42 Å². The third kappa shape index (κ3) is 7.29. The van der Waals surface area contributed by atoms with Crippen molar-refractivity contribution in [3.05, 3.63) is 53.2 Å². The van der Waals surface area contributed by atoms with Gasteiger partial charge in [0.15, 0.2) is 13.2 Å². The lowest BCUT2D eigenvalue weighted by molar-refractivity contribution is -0.124. The fourth-order valence-corrected chi connectivity index (χ4v) is 2.86. The van der Waals surface area contributed by atoms with Crippen LogP contribution < -0.4 is 20.1 Å². The molecule has 0 saturated heterocycles. The minimum absolute atomic E-state index is 0.0519. The normalized spacial score (nSPS) is 11.8. The van der Waals surface area contributed by atoms with E-state index in [4.69, 9.17) is 21.1 Å². The second-order valence-corrected chi connectivity index (χ2v) is 7.39. The molecule has 176 valence electrons. The maximum atomic E-state index is 13.9. The predicted molar refractivity (Wildman–Crippen MR) is 115 cm³/mol. The minimum Gasteiger partial charge on any atom is -0.484 e. The molecule has 0 aliphatic heterocycles. The van der Waals surface area contributed by atoms with Gasteiger partial charge >= 0.3 is 0 Å². The zero-order valence-corrected chi connectivity index (χ0v) is 18.0. The first kappa shape index (κ1) is 24.2. The summed E-state index contributed by atoms with van der Waals surface area (Å²) in [6.45, 7) is -0.637. The lowest BCUT2D eigenvalue weighted by Crippen LogP contribution is -2.37. The molecule has 2 amide bonds. The lowest BCUT2D eigenvalue weighted by Gasteiger charge is -2.13. The Morgan fingerprint density at radius 2 is 1.76 bits per heavy atom. The molecule has 0 saturated carbocycles. The number of carbonyl (C=O) groups excluding carboxylic acids is 2. The van der Waals surface area contributed by atoms with Crippen LogP contribution in [0.3, 0.4) is 0 Å². The summed E-state index contributed by atoms with van der Waals surface area (Å²) in [7, 11) is 0. The van der Waals surface area contributed by atoms with Gasteiger partial charge in [-0.2, -0.15) is 5.10 Å². The third-order valence-electron chi connectivity index (χ3n) is 4.45. The van der Waals surface area contributed by atoms with E-state index >= 15 is 0 Å². The van der Waals surface area contributed by atoms with Crippen molar-refractivity contribution in [1.29, 1.82) is 0 Å². The highest BCUT2D eigenvalue weighted by molar-refractivity contribution is 6.30. The lowest BCUT2D eigenvalue weighted by atomic mass is 10.2. The summed E-state index contributed by atoms with van der Waals surface area (Å²) in [4.78, 5) is 23.7. The van der Waals surface area contributed by atoms with Crippen molar-refractivity contribution in [1.82, 2.24) is 20.8 Å². The summed E-state index contributed by atoms with van der Waals surface area (Å²) in [5.41, 5.74) is 0.439. The molecule has 1 atom stereocenters. The topological polar surface area (TPSA) is 126 Å². The Balaban J connectivity index is 1.29. The molecule has 9 nitrogen and oxygen atoms in total. The molecule has 3 aromatic rings. The number of hydrogen-bond acceptors (Lipinski definition) is 6. The molecule has 0 spiro atoms. The molecule has 0 radical (unpaired) electrons. The molecule has 0 bridgehead atoms. The van der Waals surface area contributed by atoms with E-state index in [1.54, 1.807) is 0 Å². The summed E-state index contributed by atoms with van der Waals surface area (Å²) >= 11 is 5.57. The Morgan fingerprint density at radius 3 is 2.52 bits per heavy atom. The molecular formula is C21H21ClF2N4O5. The summed E-state index contributed by atoms with van der Waals surface area (Å²) < 4.78 is 37.6. The molecule has 2 aromatic carbocycles. The van der Waals surface area contributed by atoms with Crippen LogP contribution in [0.2, 0.25) is 5.02 Å². The van der Waals surface area contributed by atoms with Crippen molar-refractivity contribution in [2.75, 3.05) is 26.3 Å². The van der Waals surface area contributed by atoms with E-state index in [1.807, 2.05) is 0 Å². The summed E-state index contributed by atoms with van der Waals surface area (Å²) in [5, 5.41) is 21.6. The molecule has 0 unspecified atom stereocenters. The van der Waals surface area contributed by atoms with E-state index in [0.29, 0.717) is 10.9 Å². The maximum absolute atomic E-state index is 13.9. The average molecular weight is 483 g/mol. The molecule has 1 aromatic heterocycles. The van der Waals surface area contributed by atoms with Crippen molar-refractivity contribution in [2.24, 2.45) is 0 Å². The number of aliphatic hydroxyl groups is 1. The Kier molecular flexibility index (Phi) is 8.39. The van der Waals surface area contributed by atoms with Crippen molar-refractivity contribution in [3.8, 4) is 11.5 Å². The van der Waals surface area contributed by atoms with Gasteiger partial charge in [0, 0.05) is 31.3 Å². The van der Waals surface area contributed by atoms with Crippen LogP contribution in [0, 0.1) is 11.6 Å². The zero-order chi connectivity index (χ0) is 23.8. The molecular weight excluding hydrogens is 462 g/mol. The SMILES string of the molecule is O=C(COc1ccc(Cl)c(F)c1)NCC[C@H](O)CNC(=O)COc1cc(F)c2cn[nH]c2c1. The van der Waals surface area contributed by atoms with Gasteiger partial charge in [-0.05, 0) is 18.6 Å². The van der Waals surface area contributed by atoms with Gasteiger partial charge in [0.1, 0.15) is 23.1 Å². The second-order valence-electron chi connectivity index (χ2n) is 6.99. The molecule has 12 heteroatoms. The Hall–Kier alpha value is -3.44. The smallest absolute Gasteiger partial charge is 0.258 e. The van der Waals surface area contributed by atoms with Crippen LogP contribution in [0.15, 0.2) is 36.5 Å². The summed E-state index contributed by atoms with van der Waals surface area (Å²) in [6, 6.07) is 6.48. The molecule has 3 rings (SSSR count). The van der Waals surface area contributed by atoms with Crippen LogP contribution in [0.25, 0.3) is 10.9 Å². The zero-order valence-electron chi connectivity index (χ0n) is 17.2. The Bertz CT molecular complexity index is 1130. The van der Waals surface area contributed by atoms with Crippen molar-refractivity contribution in [3.63, 3.8) is 0 Å². The van der Waals surface area contributed by atoms with Crippen LogP contribution in [0.5, 0.6) is 11.5 Å². The standard InChI is InChI=1S/C21H21ClF2N4O5/c22-16-2-1-13(5-18(16)24)32-10-20(30)25-4-3-12(29)8-26-21(31)11-33-14-6-17(23)15-9-27-28-19(15)7-14/h1-2,5-7,9,12,29H,3-4,8,10-11H2,(H,25,30)(H,26,31)(H,27,28)/t12-/m0/s1. The fourth-order valence-electron chi connectivity index (χ4n) is 2.74. The number of amides is 2. The number of nitrogens with zero attached hydrogens (tertiary/aromatic N) is 1. The Labute approximate surface area is 192 Å². The molecule has 4 N–H and O–H groups in total. The van der Waals surface area contributed by atoms with Crippen LogP contribution in [-0.4, -0.2) is 59.5 Å². The highest BCUT2D eigenvalue weighted by Crippen LogP contribution is 2.22. The third-order valence-corrected chi connectivity index (χ3v) is 4.75. The van der Waals surface area contributed by atoms with E-state index in [0.717, 1.165) is 12.1 Å². The fraction of sp³-hybridized carbons (Fsp3) is 0.286. The van der Waals surface area contributed by atoms with E-state index in [9.17, 15) is 23.5 Å². The van der Waals surface area contributed by atoms with Crippen LogP contribution in [-0.2, 0) is 9.59 Å². The predicted octanol–water partition coefficient (Wildman–Crippen LogP) is 1.94. The number of fused-ring (bicyclic) bond motifs is 1. The van der Waals surface area contributed by atoms with E-state index in [1.165, 1.54) is 24.4 Å². The number of nitrogens with one attached hydrogen (secondary N) is 3. The van der Waals surface area contributed by atoms with Gasteiger partial charge < -0.3 is 25.2 Å². The number of carbonyl (C=O) groups is 2. The maximum Gasteiger partial charge on any atom is 0.258 e. The number of rotatable bonds is 11. The van der Waals surface area contributed by atoms with Crippen molar-refractivity contribution in [2.45, 2.75) is 12.5 Å². The van der Waals surface area contributed by atoms with Gasteiger partial charge in [-0.25, -0.2) is 8.78 Å². The number of hydrogen-bond donors (Lipinski definition) is 4. The summed E-state index contributed by atoms with van der Waals surface area (Å²) in [6.07, 6.45) is 0.599. The minimum atomic E-state index is -0.917. The van der Waals surface area contributed by atoms with E-state index < -0.39 is 29.6 Å². The van der Waals surface area contributed by atoms with E-state index in [-0.39, 0.29) is 49.2 Å². The average Bonchev–Trinajstić information content (AvgIpc) is 3.26. The van der Waals surface area contributed by atoms with Crippen LogP contribution >= 0.6 is 11.6 Å². The van der Waals surface area contributed by atoms with Crippen molar-refractivity contribution < 1.29 is 33.0 Å². The number of aliphatic hydroxyl groups excluding tert-OH is 1. The highest BCUT2D eigenvalue weighted by atomic mass is 35.5. The first-order chi connectivity index (χ1) is 15.8. The quantitative estimate of drug-likeness (QED) is 0.331. The van der Waals surface area contributed by atoms with Crippen LogP contribution in [0.4, 0.5) is 8.78 Å². The number of halogens is 3. The first-order valence-corrected chi connectivity index (χ1v) is 10.2. The number of ether oxygens (including phenoxy) is 2. The molecule has 0 aliphatic carbocycles. The number of H-pyrrole nitrogens is 1. The number of aromatic amines is 1. The molecule has 0 aliphatic rings. The van der Waals surface area contributed by atoms with Gasteiger partial charge in [-0.1, -0.05) is 11.6 Å². The molecule has 1 heterocycles. The number of aromatic nitrogens is 2. The number of benzene rings is 2. The Morgan fingerprint density at radius 1 is 1.06 bits per heavy atom. The van der Waals surface area contributed by atoms with Gasteiger partial charge in [0.05, 0.1) is 28.2 Å². The monoisotopic (exact) mass is 482 g/mol. The second kappa shape index (κ2) is 11.4. The first-order valence-electron chi connectivity index (χ1n) is 9.86. The van der Waals surface area contributed by atoms with E-state index in [2.05, 4.69) is 20.8 Å². The van der Waals surface area contributed by atoms with Gasteiger partial charge in [0.25, 0.3) is 11.8 Å². The largest absolute Gasteiger partial charge is 0.484 e.